The van der Waals surface area contributed by atoms with Crippen molar-refractivity contribution in [1.82, 2.24) is 20.5 Å². The number of rotatable bonds is 9. The number of anilines is 4. The second kappa shape index (κ2) is 10.5. The molecular weight excluding hydrogens is 386 g/mol. The van der Waals surface area contributed by atoms with Crippen molar-refractivity contribution in [2.45, 2.75) is 0 Å². The van der Waals surface area contributed by atoms with Gasteiger partial charge in [0.25, 0.3) is 0 Å². The molecule has 2 aromatic heterocycles. The highest BCUT2D eigenvalue weighted by Crippen LogP contribution is 2.29. The molecule has 0 spiro atoms. The fraction of sp³-hybridized carbons (Fsp3) is 0.200. The van der Waals surface area contributed by atoms with E-state index in [4.69, 9.17) is 9.47 Å². The number of hydrogen-bond donors (Lipinski definition) is 4. The van der Waals surface area contributed by atoms with Gasteiger partial charge in [0.2, 0.25) is 0 Å². The van der Waals surface area contributed by atoms with E-state index < -0.39 is 0 Å². The Hall–Kier alpha value is -4.08. The number of urea groups is 1. The van der Waals surface area contributed by atoms with E-state index in [0.717, 1.165) is 5.69 Å². The van der Waals surface area contributed by atoms with Crippen LogP contribution >= 0.6 is 0 Å². The summed E-state index contributed by atoms with van der Waals surface area (Å²) in [4.78, 5) is 16.0. The molecule has 30 heavy (non-hydrogen) atoms. The second-order valence-electron chi connectivity index (χ2n) is 6.04. The van der Waals surface area contributed by atoms with Crippen LogP contribution in [0.2, 0.25) is 0 Å². The average Bonchev–Trinajstić information content (AvgIpc) is 2.78. The largest absolute Gasteiger partial charge is 0.493 e. The predicted molar refractivity (Wildman–Crippen MR) is 115 cm³/mol. The molecule has 10 heteroatoms. The first-order valence-electron chi connectivity index (χ1n) is 9.19. The first kappa shape index (κ1) is 20.6. The minimum absolute atomic E-state index is 0.327. The summed E-state index contributed by atoms with van der Waals surface area (Å²) < 4.78 is 10.4. The van der Waals surface area contributed by atoms with Crippen molar-refractivity contribution in [2.75, 3.05) is 43.3 Å². The number of aromatic nitrogens is 3. The highest BCUT2D eigenvalue weighted by atomic mass is 16.5. The average molecular weight is 409 g/mol. The van der Waals surface area contributed by atoms with Crippen LogP contribution in [0.5, 0.6) is 11.5 Å². The SMILES string of the molecule is COc1ccc(NC(=O)NCCNc2ccc(Nc3ccncc3)nn2)cc1OC. The van der Waals surface area contributed by atoms with Crippen LogP contribution in [0, 0.1) is 0 Å². The van der Waals surface area contributed by atoms with Crippen molar-refractivity contribution < 1.29 is 14.3 Å². The van der Waals surface area contributed by atoms with Crippen LogP contribution in [0.4, 0.5) is 27.8 Å². The van der Waals surface area contributed by atoms with Gasteiger partial charge in [0, 0.05) is 42.9 Å². The normalized spacial score (nSPS) is 10.1. The highest BCUT2D eigenvalue weighted by Gasteiger charge is 2.07. The number of pyridine rings is 1. The number of methoxy groups -OCH3 is 2. The maximum Gasteiger partial charge on any atom is 0.319 e. The molecule has 0 radical (unpaired) electrons. The Labute approximate surface area is 174 Å². The Morgan fingerprint density at radius 3 is 2.30 bits per heavy atom. The summed E-state index contributed by atoms with van der Waals surface area (Å²) in [6.45, 7) is 0.892. The van der Waals surface area contributed by atoms with Crippen molar-refractivity contribution in [3.63, 3.8) is 0 Å². The molecule has 0 unspecified atom stereocenters. The Bertz CT molecular complexity index is 952. The molecule has 0 atom stereocenters. The minimum atomic E-state index is -0.327. The number of amides is 2. The van der Waals surface area contributed by atoms with Crippen LogP contribution in [0.1, 0.15) is 0 Å². The van der Waals surface area contributed by atoms with Crippen molar-refractivity contribution in [3.8, 4) is 11.5 Å². The van der Waals surface area contributed by atoms with E-state index in [-0.39, 0.29) is 6.03 Å². The molecule has 0 saturated heterocycles. The summed E-state index contributed by atoms with van der Waals surface area (Å²) >= 11 is 0. The Morgan fingerprint density at radius 1 is 0.867 bits per heavy atom. The van der Waals surface area contributed by atoms with E-state index in [0.29, 0.717) is 41.9 Å². The smallest absolute Gasteiger partial charge is 0.319 e. The molecule has 2 amide bonds. The third kappa shape index (κ3) is 5.96. The Balaban J connectivity index is 1.40. The van der Waals surface area contributed by atoms with Crippen LogP contribution < -0.4 is 30.7 Å². The van der Waals surface area contributed by atoms with Crippen LogP contribution in [-0.2, 0) is 0 Å². The Morgan fingerprint density at radius 2 is 1.60 bits per heavy atom. The first-order valence-corrected chi connectivity index (χ1v) is 9.19. The van der Waals surface area contributed by atoms with Gasteiger partial charge in [-0.2, -0.15) is 0 Å². The summed E-state index contributed by atoms with van der Waals surface area (Å²) in [5, 5.41) is 19.9. The topological polar surface area (TPSA) is 122 Å². The van der Waals surface area contributed by atoms with Gasteiger partial charge in [-0.1, -0.05) is 0 Å². The minimum Gasteiger partial charge on any atom is -0.493 e. The zero-order valence-electron chi connectivity index (χ0n) is 16.7. The quantitative estimate of drug-likeness (QED) is 0.398. The highest BCUT2D eigenvalue weighted by molar-refractivity contribution is 5.89. The summed E-state index contributed by atoms with van der Waals surface area (Å²) in [6.07, 6.45) is 3.39. The molecule has 0 aliphatic carbocycles. The molecular formula is C20H23N7O3. The molecule has 2 heterocycles. The van der Waals surface area contributed by atoms with Crippen LogP contribution in [-0.4, -0.2) is 48.5 Å². The van der Waals surface area contributed by atoms with Gasteiger partial charge >= 0.3 is 6.03 Å². The van der Waals surface area contributed by atoms with Crippen molar-refractivity contribution in [1.29, 1.82) is 0 Å². The van der Waals surface area contributed by atoms with Gasteiger partial charge in [-0.25, -0.2) is 4.79 Å². The van der Waals surface area contributed by atoms with Crippen LogP contribution in [0.15, 0.2) is 54.9 Å². The Kier molecular flexibility index (Phi) is 7.20. The van der Waals surface area contributed by atoms with Gasteiger partial charge in [-0.15, -0.1) is 10.2 Å². The van der Waals surface area contributed by atoms with Gasteiger partial charge < -0.3 is 30.7 Å². The van der Waals surface area contributed by atoms with E-state index >= 15 is 0 Å². The zero-order valence-corrected chi connectivity index (χ0v) is 16.7. The van der Waals surface area contributed by atoms with Gasteiger partial charge in [0.15, 0.2) is 17.3 Å². The van der Waals surface area contributed by atoms with Gasteiger partial charge in [0.1, 0.15) is 5.82 Å². The number of ether oxygens (including phenoxy) is 2. The molecule has 1 aromatic carbocycles. The van der Waals surface area contributed by atoms with Gasteiger partial charge in [-0.3, -0.25) is 4.98 Å². The van der Waals surface area contributed by atoms with Gasteiger partial charge in [0.05, 0.1) is 14.2 Å². The third-order valence-corrected chi connectivity index (χ3v) is 3.98. The van der Waals surface area contributed by atoms with E-state index in [9.17, 15) is 4.79 Å². The lowest BCUT2D eigenvalue weighted by atomic mass is 10.3. The summed E-state index contributed by atoms with van der Waals surface area (Å²) in [5.74, 6) is 2.37. The number of benzene rings is 1. The number of nitrogens with zero attached hydrogens (tertiary/aromatic N) is 3. The predicted octanol–water partition coefficient (Wildman–Crippen LogP) is 2.87. The van der Waals surface area contributed by atoms with Crippen molar-refractivity contribution in [3.05, 3.63) is 54.9 Å². The fourth-order valence-electron chi connectivity index (χ4n) is 2.53. The summed E-state index contributed by atoms with van der Waals surface area (Å²) in [7, 11) is 3.10. The van der Waals surface area contributed by atoms with E-state index in [2.05, 4.69) is 36.4 Å². The lowest BCUT2D eigenvalue weighted by Crippen LogP contribution is -2.32. The number of carbonyl (C=O) groups is 1. The fourth-order valence-corrected chi connectivity index (χ4v) is 2.53. The molecule has 0 fully saturated rings. The molecule has 0 bridgehead atoms. The third-order valence-electron chi connectivity index (χ3n) is 3.98. The monoisotopic (exact) mass is 409 g/mol. The lowest BCUT2D eigenvalue weighted by Gasteiger charge is -2.11. The standard InChI is InChI=1S/C20H23N7O3/c1-29-16-4-3-15(13-17(16)30-2)25-20(28)23-12-11-22-18-5-6-19(27-26-18)24-14-7-9-21-10-8-14/h3-10,13H,11-12H2,1-2H3,(H,22,26)(H,21,24,27)(H2,23,25,28). The van der Waals surface area contributed by atoms with E-state index in [1.54, 1.807) is 43.8 Å². The van der Waals surface area contributed by atoms with E-state index in [1.807, 2.05) is 18.2 Å². The number of nitrogens with one attached hydrogen (secondary N) is 4. The zero-order chi connectivity index (χ0) is 21.2. The van der Waals surface area contributed by atoms with Crippen LogP contribution in [0.3, 0.4) is 0 Å². The summed E-state index contributed by atoms with van der Waals surface area (Å²) in [6, 6.07) is 12.1. The number of hydrogen-bond acceptors (Lipinski definition) is 8. The first-order chi connectivity index (χ1) is 14.7. The molecule has 0 saturated carbocycles. The molecule has 3 aromatic rings. The molecule has 10 nitrogen and oxygen atoms in total. The van der Waals surface area contributed by atoms with Crippen molar-refractivity contribution in [2.24, 2.45) is 0 Å². The maximum absolute atomic E-state index is 12.0. The van der Waals surface area contributed by atoms with E-state index in [1.165, 1.54) is 7.11 Å². The molecule has 3 rings (SSSR count). The van der Waals surface area contributed by atoms with Gasteiger partial charge in [-0.05, 0) is 36.4 Å². The second-order valence-corrected chi connectivity index (χ2v) is 6.04. The molecule has 0 aliphatic heterocycles. The maximum atomic E-state index is 12.0. The van der Waals surface area contributed by atoms with Crippen molar-refractivity contribution >= 4 is 29.0 Å². The lowest BCUT2D eigenvalue weighted by molar-refractivity contribution is 0.252. The van der Waals surface area contributed by atoms with Crippen LogP contribution in [0.25, 0.3) is 0 Å². The number of carbonyl (C=O) groups excluding carboxylic acids is 1. The molecule has 4 N–H and O–H groups in total. The molecule has 0 aliphatic rings. The summed E-state index contributed by atoms with van der Waals surface area (Å²) in [5.41, 5.74) is 1.48. The molecule has 156 valence electrons.